The fourth-order valence-electron chi connectivity index (χ4n) is 2.50. The van der Waals surface area contributed by atoms with Crippen molar-refractivity contribution in [2.24, 2.45) is 0 Å². The molecule has 0 radical (unpaired) electrons. The molecule has 0 aliphatic carbocycles. The van der Waals surface area contributed by atoms with Crippen LogP contribution in [0.1, 0.15) is 29.9 Å². The molecule has 28 heavy (non-hydrogen) atoms. The molecule has 1 aromatic heterocycles. The van der Waals surface area contributed by atoms with Crippen LogP contribution in [0.4, 0.5) is 17.2 Å². The van der Waals surface area contributed by atoms with E-state index in [9.17, 15) is 4.79 Å². The van der Waals surface area contributed by atoms with Crippen LogP contribution in [0.2, 0.25) is 5.02 Å². The molecule has 2 N–H and O–H groups in total. The molecule has 0 unspecified atom stereocenters. The number of ether oxygens (including phenoxy) is 1. The molecular weight excluding hydrogens is 376 g/mol. The average Bonchev–Trinajstić information content (AvgIpc) is 2.67. The lowest BCUT2D eigenvalue weighted by molar-refractivity contribution is 0.102. The van der Waals surface area contributed by atoms with Gasteiger partial charge in [-0.25, -0.2) is 9.97 Å². The smallest absolute Gasteiger partial charge is 0.275 e. The predicted molar refractivity (Wildman–Crippen MR) is 112 cm³/mol. The number of carbonyl (C=O) groups excluding carboxylic acids is 1. The second kappa shape index (κ2) is 8.71. The fourth-order valence-corrected chi connectivity index (χ4v) is 2.68. The largest absolute Gasteiger partial charge is 0.489 e. The van der Waals surface area contributed by atoms with Crippen molar-refractivity contribution in [3.8, 4) is 5.75 Å². The van der Waals surface area contributed by atoms with Gasteiger partial charge in [0.2, 0.25) is 0 Å². The molecule has 3 rings (SSSR count). The minimum absolute atomic E-state index is 0.00171. The van der Waals surface area contributed by atoms with Gasteiger partial charge < -0.3 is 15.4 Å². The van der Waals surface area contributed by atoms with E-state index in [-0.39, 0.29) is 17.7 Å². The lowest BCUT2D eigenvalue weighted by atomic mass is 10.2. The molecule has 1 heterocycles. The molecule has 6 nitrogen and oxygen atoms in total. The molecular formula is C21H21ClN4O2. The summed E-state index contributed by atoms with van der Waals surface area (Å²) in [6, 6.07) is 12.8. The first-order valence-electron chi connectivity index (χ1n) is 8.85. The van der Waals surface area contributed by atoms with Gasteiger partial charge in [-0.1, -0.05) is 29.8 Å². The van der Waals surface area contributed by atoms with Crippen LogP contribution >= 0.6 is 11.6 Å². The van der Waals surface area contributed by atoms with Crippen LogP contribution in [0.3, 0.4) is 0 Å². The Hall–Kier alpha value is -3.12. The van der Waals surface area contributed by atoms with Crippen LogP contribution in [0, 0.1) is 6.92 Å². The first-order valence-corrected chi connectivity index (χ1v) is 9.23. The standard InChI is InChI=1S/C21H21ClN4O2/c1-13(2)28-19-10-5-4-8-17(19)26-21(27)18-11-24-20(12-23-18)25-16-9-6-7-15(22)14(16)3/h4-13H,1-3H3,(H,24,25)(H,26,27). The van der Waals surface area contributed by atoms with Gasteiger partial charge >= 0.3 is 0 Å². The van der Waals surface area contributed by atoms with Gasteiger partial charge in [0.05, 0.1) is 24.2 Å². The van der Waals surface area contributed by atoms with Crippen molar-refractivity contribution in [3.63, 3.8) is 0 Å². The number of nitrogens with zero attached hydrogens (tertiary/aromatic N) is 2. The summed E-state index contributed by atoms with van der Waals surface area (Å²) >= 11 is 6.13. The van der Waals surface area contributed by atoms with Crippen LogP contribution in [0.15, 0.2) is 54.9 Å². The van der Waals surface area contributed by atoms with Crippen LogP contribution in [0.5, 0.6) is 5.75 Å². The number of amides is 1. The van der Waals surface area contributed by atoms with E-state index in [0.717, 1.165) is 11.3 Å². The molecule has 144 valence electrons. The van der Waals surface area contributed by atoms with Crippen molar-refractivity contribution < 1.29 is 9.53 Å². The highest BCUT2D eigenvalue weighted by atomic mass is 35.5. The quantitative estimate of drug-likeness (QED) is 0.597. The lowest BCUT2D eigenvalue weighted by Crippen LogP contribution is -2.16. The molecule has 0 aliphatic heterocycles. The van der Waals surface area contributed by atoms with Gasteiger partial charge in [0.1, 0.15) is 17.3 Å². The number of para-hydroxylation sites is 2. The number of hydrogen-bond donors (Lipinski definition) is 2. The number of halogens is 1. The summed E-state index contributed by atoms with van der Waals surface area (Å²) in [5.41, 5.74) is 2.53. The van der Waals surface area contributed by atoms with E-state index in [0.29, 0.717) is 22.3 Å². The number of carbonyl (C=O) groups is 1. The van der Waals surface area contributed by atoms with E-state index in [1.807, 2.05) is 57.2 Å². The first kappa shape index (κ1) is 19.6. The van der Waals surface area contributed by atoms with Crippen LogP contribution in [-0.2, 0) is 0 Å². The third kappa shape index (κ3) is 4.78. The van der Waals surface area contributed by atoms with Crippen molar-refractivity contribution in [1.29, 1.82) is 0 Å². The van der Waals surface area contributed by atoms with Crippen molar-refractivity contribution in [2.45, 2.75) is 26.9 Å². The highest BCUT2D eigenvalue weighted by Gasteiger charge is 2.13. The Morgan fingerprint density at radius 2 is 1.79 bits per heavy atom. The maximum Gasteiger partial charge on any atom is 0.275 e. The molecule has 0 saturated heterocycles. The lowest BCUT2D eigenvalue weighted by Gasteiger charge is -2.14. The maximum atomic E-state index is 12.5. The van der Waals surface area contributed by atoms with Crippen LogP contribution in [0.25, 0.3) is 0 Å². The molecule has 1 amide bonds. The Morgan fingerprint density at radius 3 is 2.50 bits per heavy atom. The van der Waals surface area contributed by atoms with Gasteiger partial charge in [0.15, 0.2) is 0 Å². The predicted octanol–water partition coefficient (Wildman–Crippen LogP) is 5.22. The van der Waals surface area contributed by atoms with Gasteiger partial charge in [-0.3, -0.25) is 4.79 Å². The van der Waals surface area contributed by atoms with E-state index >= 15 is 0 Å². The Morgan fingerprint density at radius 1 is 1.04 bits per heavy atom. The number of anilines is 3. The summed E-state index contributed by atoms with van der Waals surface area (Å²) in [5.74, 6) is 0.761. The van der Waals surface area contributed by atoms with E-state index in [1.165, 1.54) is 12.4 Å². The summed E-state index contributed by atoms with van der Waals surface area (Å²) in [7, 11) is 0. The van der Waals surface area contributed by atoms with E-state index in [1.54, 1.807) is 6.07 Å². The molecule has 0 atom stereocenters. The first-order chi connectivity index (χ1) is 13.4. The number of aromatic nitrogens is 2. The summed E-state index contributed by atoms with van der Waals surface area (Å²) in [6.07, 6.45) is 2.92. The summed E-state index contributed by atoms with van der Waals surface area (Å²) in [5, 5.41) is 6.63. The Kier molecular flexibility index (Phi) is 6.11. The summed E-state index contributed by atoms with van der Waals surface area (Å²) in [6.45, 7) is 5.77. The van der Waals surface area contributed by atoms with Gasteiger partial charge in [-0.2, -0.15) is 0 Å². The molecule has 0 aliphatic rings. The van der Waals surface area contributed by atoms with Gasteiger partial charge in [0, 0.05) is 10.7 Å². The van der Waals surface area contributed by atoms with Crippen molar-refractivity contribution >= 4 is 34.7 Å². The Bertz CT molecular complexity index is 974. The van der Waals surface area contributed by atoms with Crippen molar-refractivity contribution in [1.82, 2.24) is 9.97 Å². The molecule has 2 aromatic carbocycles. The molecule has 0 spiro atoms. The second-order valence-corrected chi connectivity index (χ2v) is 6.85. The molecule has 0 bridgehead atoms. The average molecular weight is 397 g/mol. The number of rotatable bonds is 6. The van der Waals surface area contributed by atoms with E-state index in [2.05, 4.69) is 20.6 Å². The van der Waals surface area contributed by atoms with Crippen LogP contribution < -0.4 is 15.4 Å². The zero-order valence-electron chi connectivity index (χ0n) is 15.9. The number of hydrogen-bond acceptors (Lipinski definition) is 5. The monoisotopic (exact) mass is 396 g/mol. The summed E-state index contributed by atoms with van der Waals surface area (Å²) < 4.78 is 5.72. The molecule has 0 saturated carbocycles. The minimum atomic E-state index is -0.363. The zero-order chi connectivity index (χ0) is 20.1. The van der Waals surface area contributed by atoms with Crippen LogP contribution in [-0.4, -0.2) is 22.0 Å². The highest BCUT2D eigenvalue weighted by molar-refractivity contribution is 6.31. The minimum Gasteiger partial charge on any atom is -0.489 e. The molecule has 0 fully saturated rings. The summed E-state index contributed by atoms with van der Waals surface area (Å²) in [4.78, 5) is 21.0. The topological polar surface area (TPSA) is 76.1 Å². The Labute approximate surface area is 168 Å². The number of nitrogens with one attached hydrogen (secondary N) is 2. The third-order valence-electron chi connectivity index (χ3n) is 3.91. The zero-order valence-corrected chi connectivity index (χ0v) is 16.6. The second-order valence-electron chi connectivity index (χ2n) is 6.44. The van der Waals surface area contributed by atoms with E-state index in [4.69, 9.17) is 16.3 Å². The van der Waals surface area contributed by atoms with E-state index < -0.39 is 0 Å². The normalized spacial score (nSPS) is 10.6. The van der Waals surface area contributed by atoms with Gasteiger partial charge in [-0.05, 0) is 50.6 Å². The highest BCUT2D eigenvalue weighted by Crippen LogP contribution is 2.26. The third-order valence-corrected chi connectivity index (χ3v) is 4.32. The number of benzene rings is 2. The maximum absolute atomic E-state index is 12.5. The van der Waals surface area contributed by atoms with Gasteiger partial charge in [-0.15, -0.1) is 0 Å². The van der Waals surface area contributed by atoms with Crippen molar-refractivity contribution in [2.75, 3.05) is 10.6 Å². The molecule has 3 aromatic rings. The van der Waals surface area contributed by atoms with Gasteiger partial charge in [0.25, 0.3) is 5.91 Å². The Balaban J connectivity index is 1.72. The molecule has 7 heteroatoms. The fraction of sp³-hybridized carbons (Fsp3) is 0.190. The van der Waals surface area contributed by atoms with Crippen molar-refractivity contribution in [3.05, 3.63) is 71.1 Å². The SMILES string of the molecule is Cc1c(Cl)cccc1Nc1cnc(C(=O)Nc2ccccc2OC(C)C)cn1.